The monoisotopic (exact) mass is 273 g/mol. The summed E-state index contributed by atoms with van der Waals surface area (Å²) in [5.74, 6) is 0. The predicted molar refractivity (Wildman–Crippen MR) is 72.9 cm³/mol. The minimum absolute atomic E-state index is 0.209. The lowest BCUT2D eigenvalue weighted by atomic mass is 10.2. The van der Waals surface area contributed by atoms with Crippen LogP contribution in [-0.2, 0) is 0 Å². The van der Waals surface area contributed by atoms with E-state index in [2.05, 4.69) is 10.4 Å². The fourth-order valence-electron chi connectivity index (χ4n) is 2.48. The Balaban J connectivity index is 1.85. The first-order valence-electron chi connectivity index (χ1n) is 6.28. The molecule has 2 saturated heterocycles. The number of nitrogens with one attached hydrogen (secondary N) is 1. The maximum Gasteiger partial charge on any atom is 0.344 e. The van der Waals surface area contributed by atoms with Crippen LogP contribution in [0.1, 0.15) is 5.56 Å². The van der Waals surface area contributed by atoms with Gasteiger partial charge in [-0.15, -0.1) is 0 Å². The van der Waals surface area contributed by atoms with Crippen LogP contribution in [-0.4, -0.2) is 59.5 Å². The molecular weight excluding hydrogens is 258 g/mol. The summed E-state index contributed by atoms with van der Waals surface area (Å²) in [6.45, 7) is 0. The van der Waals surface area contributed by atoms with Crippen LogP contribution in [0.3, 0.4) is 0 Å². The third kappa shape index (κ3) is 1.78. The van der Waals surface area contributed by atoms with Crippen molar-refractivity contribution in [3.05, 3.63) is 35.9 Å². The molecule has 2 fully saturated rings. The molecule has 0 aromatic heterocycles. The third-order valence-corrected chi connectivity index (χ3v) is 3.56. The van der Waals surface area contributed by atoms with E-state index in [1.807, 2.05) is 30.3 Å². The van der Waals surface area contributed by atoms with E-state index in [1.165, 1.54) is 14.8 Å². The van der Waals surface area contributed by atoms with E-state index in [0.29, 0.717) is 0 Å². The minimum atomic E-state index is -0.454. The van der Waals surface area contributed by atoms with E-state index in [1.54, 1.807) is 20.3 Å². The number of hydrogen-bond donors (Lipinski definition) is 1. The molecule has 1 aromatic rings. The standard InChI is InChI=1S/C13H15N5O2/c1-16-11-10(15-12(16)19)18(13(20)17(11)2)14-8-9-6-4-3-5-7-9/h3-8,10-11H,1-2H3,(H,15,19)/b14-8-/t10-,11+/m0/s1. The van der Waals surface area contributed by atoms with Gasteiger partial charge in [-0.2, -0.15) is 10.1 Å². The van der Waals surface area contributed by atoms with Crippen molar-refractivity contribution in [1.82, 2.24) is 20.1 Å². The number of likely N-dealkylation sites (N-methyl/N-ethyl adjacent to an activating group) is 2. The van der Waals surface area contributed by atoms with Gasteiger partial charge in [-0.3, -0.25) is 0 Å². The second-order valence-electron chi connectivity index (χ2n) is 4.81. The summed E-state index contributed by atoms with van der Waals surface area (Å²) < 4.78 is 0. The fourth-order valence-corrected chi connectivity index (χ4v) is 2.48. The lowest BCUT2D eigenvalue weighted by molar-refractivity contribution is 0.161. The highest BCUT2D eigenvalue weighted by Gasteiger charge is 2.53. The number of carbonyl (C=O) groups excluding carboxylic acids is 2. The molecule has 1 N–H and O–H groups in total. The third-order valence-electron chi connectivity index (χ3n) is 3.56. The largest absolute Gasteiger partial charge is 0.344 e. The van der Waals surface area contributed by atoms with Gasteiger partial charge in [-0.25, -0.2) is 9.59 Å². The van der Waals surface area contributed by atoms with Crippen molar-refractivity contribution in [2.24, 2.45) is 5.10 Å². The molecule has 4 amide bonds. The fraction of sp³-hybridized carbons (Fsp3) is 0.308. The highest BCUT2D eigenvalue weighted by atomic mass is 16.2. The molecular formula is C13H15N5O2. The van der Waals surface area contributed by atoms with Gasteiger partial charge in [0, 0.05) is 14.1 Å². The van der Waals surface area contributed by atoms with E-state index >= 15 is 0 Å². The van der Waals surface area contributed by atoms with Crippen LogP contribution < -0.4 is 5.32 Å². The van der Waals surface area contributed by atoms with E-state index in [-0.39, 0.29) is 18.2 Å². The Kier molecular flexibility index (Phi) is 2.81. The molecule has 0 radical (unpaired) electrons. The lowest BCUT2D eigenvalue weighted by Crippen LogP contribution is -2.42. The molecule has 2 aliphatic rings. The van der Waals surface area contributed by atoms with Gasteiger partial charge in [-0.05, 0) is 5.56 Å². The number of nitrogens with zero attached hydrogens (tertiary/aromatic N) is 4. The number of rotatable bonds is 2. The second kappa shape index (κ2) is 4.52. The first kappa shape index (κ1) is 12.5. The average molecular weight is 273 g/mol. The van der Waals surface area contributed by atoms with E-state index in [0.717, 1.165) is 5.56 Å². The first-order valence-corrected chi connectivity index (χ1v) is 6.28. The maximum absolute atomic E-state index is 12.2. The van der Waals surface area contributed by atoms with Crippen LogP contribution in [0.2, 0.25) is 0 Å². The molecule has 104 valence electrons. The summed E-state index contributed by atoms with van der Waals surface area (Å²) in [6.07, 6.45) is 0.825. The Morgan fingerprint density at radius 3 is 2.55 bits per heavy atom. The zero-order valence-corrected chi connectivity index (χ0v) is 11.2. The van der Waals surface area contributed by atoms with E-state index in [4.69, 9.17) is 0 Å². The van der Waals surface area contributed by atoms with Crippen LogP contribution in [0.15, 0.2) is 35.4 Å². The smallest absolute Gasteiger partial charge is 0.312 e. The zero-order valence-electron chi connectivity index (χ0n) is 11.2. The number of hydrazone groups is 1. The summed E-state index contributed by atoms with van der Waals surface area (Å²) in [7, 11) is 3.32. The quantitative estimate of drug-likeness (QED) is 0.806. The molecule has 2 heterocycles. The van der Waals surface area contributed by atoms with Crippen molar-refractivity contribution >= 4 is 18.3 Å². The predicted octanol–water partition coefficient (Wildman–Crippen LogP) is 0.695. The van der Waals surface area contributed by atoms with Crippen molar-refractivity contribution in [1.29, 1.82) is 0 Å². The number of carbonyl (C=O) groups is 2. The summed E-state index contributed by atoms with van der Waals surface area (Å²) in [5, 5.41) is 8.27. The highest BCUT2D eigenvalue weighted by Crippen LogP contribution is 2.26. The highest BCUT2D eigenvalue weighted by molar-refractivity contribution is 5.86. The molecule has 0 spiro atoms. The molecule has 7 nitrogen and oxygen atoms in total. The van der Waals surface area contributed by atoms with Crippen molar-refractivity contribution in [2.75, 3.05) is 14.1 Å². The van der Waals surface area contributed by atoms with E-state index in [9.17, 15) is 9.59 Å². The number of hydrogen-bond acceptors (Lipinski definition) is 3. The van der Waals surface area contributed by atoms with Crippen LogP contribution in [0.25, 0.3) is 0 Å². The molecule has 0 saturated carbocycles. The van der Waals surface area contributed by atoms with Crippen molar-refractivity contribution in [3.8, 4) is 0 Å². The van der Waals surface area contributed by atoms with Gasteiger partial charge >= 0.3 is 12.1 Å². The van der Waals surface area contributed by atoms with Crippen LogP contribution in [0.4, 0.5) is 9.59 Å². The number of benzene rings is 1. The second-order valence-corrected chi connectivity index (χ2v) is 4.81. The Morgan fingerprint density at radius 2 is 1.85 bits per heavy atom. The lowest BCUT2D eigenvalue weighted by Gasteiger charge is -2.21. The summed E-state index contributed by atoms with van der Waals surface area (Å²) >= 11 is 0. The van der Waals surface area contributed by atoms with Gasteiger partial charge in [0.25, 0.3) is 0 Å². The molecule has 0 bridgehead atoms. The first-order chi connectivity index (χ1) is 9.59. The molecule has 1 aromatic carbocycles. The Morgan fingerprint density at radius 1 is 1.15 bits per heavy atom. The van der Waals surface area contributed by atoms with Gasteiger partial charge in [-0.1, -0.05) is 30.3 Å². The average Bonchev–Trinajstić information content (AvgIpc) is 2.86. The van der Waals surface area contributed by atoms with Gasteiger partial charge in [0.2, 0.25) is 0 Å². The van der Waals surface area contributed by atoms with Gasteiger partial charge in [0.1, 0.15) is 0 Å². The van der Waals surface area contributed by atoms with Crippen molar-refractivity contribution < 1.29 is 9.59 Å². The topological polar surface area (TPSA) is 68.2 Å². The molecule has 3 rings (SSSR count). The van der Waals surface area contributed by atoms with Crippen molar-refractivity contribution in [3.63, 3.8) is 0 Å². The number of fused-ring (bicyclic) bond motifs is 1. The van der Waals surface area contributed by atoms with E-state index < -0.39 is 6.17 Å². The Bertz CT molecular complexity index is 573. The number of urea groups is 2. The summed E-state index contributed by atoms with van der Waals surface area (Å²) in [5.41, 5.74) is 0.893. The molecule has 0 unspecified atom stereocenters. The zero-order chi connectivity index (χ0) is 14.3. The molecule has 2 aliphatic heterocycles. The minimum Gasteiger partial charge on any atom is -0.312 e. The maximum atomic E-state index is 12.2. The normalized spacial score (nSPS) is 25.6. The SMILES string of the molecule is CN1C(=O)N[C@@H]2[C@H]1N(C)C(=O)N2/N=C\c1ccccc1. The molecule has 20 heavy (non-hydrogen) atoms. The molecule has 0 aliphatic carbocycles. The molecule has 7 heteroatoms. The molecule has 2 atom stereocenters. The summed E-state index contributed by atoms with van der Waals surface area (Å²) in [4.78, 5) is 26.8. The van der Waals surface area contributed by atoms with Crippen LogP contribution in [0.5, 0.6) is 0 Å². The van der Waals surface area contributed by atoms with Crippen LogP contribution in [0, 0.1) is 0 Å². The number of amides is 4. The van der Waals surface area contributed by atoms with Gasteiger partial charge < -0.3 is 15.1 Å². The Labute approximate surface area is 116 Å². The van der Waals surface area contributed by atoms with Gasteiger partial charge in [0.15, 0.2) is 12.3 Å². The summed E-state index contributed by atoms with van der Waals surface area (Å²) in [6, 6.07) is 9.04. The van der Waals surface area contributed by atoms with Gasteiger partial charge in [0.05, 0.1) is 6.21 Å². The van der Waals surface area contributed by atoms with Crippen molar-refractivity contribution in [2.45, 2.75) is 12.3 Å². The Hall–Kier alpha value is -2.57. The van der Waals surface area contributed by atoms with Crippen LogP contribution >= 0.6 is 0 Å².